The minimum atomic E-state index is -0.117. The van der Waals surface area contributed by atoms with Gasteiger partial charge in [0.15, 0.2) is 0 Å². The number of nitrogens with zero attached hydrogens (tertiary/aromatic N) is 2. The molecule has 0 spiro atoms. The molecule has 7 heteroatoms. The van der Waals surface area contributed by atoms with Crippen molar-refractivity contribution in [2.75, 3.05) is 20.1 Å². The van der Waals surface area contributed by atoms with Gasteiger partial charge >= 0.3 is 6.03 Å². The third kappa shape index (κ3) is 3.93. The zero-order valence-electron chi connectivity index (χ0n) is 12.7. The van der Waals surface area contributed by atoms with E-state index in [1.165, 1.54) is 4.88 Å². The lowest BCUT2D eigenvalue weighted by Gasteiger charge is -2.31. The monoisotopic (exact) mass is 310 g/mol. The van der Waals surface area contributed by atoms with Gasteiger partial charge in [-0.05, 0) is 26.7 Å². The molecule has 1 saturated heterocycles. The molecule has 1 aromatic heterocycles. The summed E-state index contributed by atoms with van der Waals surface area (Å²) < 4.78 is 0. The summed E-state index contributed by atoms with van der Waals surface area (Å²) in [4.78, 5) is 31.2. The maximum atomic E-state index is 12.2. The maximum Gasteiger partial charge on any atom is 0.317 e. The molecule has 21 heavy (non-hydrogen) atoms. The summed E-state index contributed by atoms with van der Waals surface area (Å²) in [6.45, 7) is 5.63. The number of aryl methyl sites for hydroxylation is 2. The quantitative estimate of drug-likeness (QED) is 0.887. The van der Waals surface area contributed by atoms with Crippen LogP contribution in [-0.2, 0) is 11.3 Å². The second kappa shape index (κ2) is 6.89. The number of aromatic nitrogens is 1. The fraction of sp³-hybridized carbons (Fsp3) is 0.643. The van der Waals surface area contributed by atoms with Gasteiger partial charge in [-0.25, -0.2) is 9.78 Å². The van der Waals surface area contributed by atoms with E-state index in [4.69, 9.17) is 0 Å². The van der Waals surface area contributed by atoms with Gasteiger partial charge in [-0.15, -0.1) is 11.3 Å². The molecule has 0 radical (unpaired) electrons. The summed E-state index contributed by atoms with van der Waals surface area (Å²) in [6.07, 6.45) is 1.70. The van der Waals surface area contributed by atoms with Gasteiger partial charge in [0.1, 0.15) is 5.01 Å². The van der Waals surface area contributed by atoms with Crippen molar-refractivity contribution in [1.29, 1.82) is 0 Å². The van der Waals surface area contributed by atoms with Crippen molar-refractivity contribution in [2.45, 2.75) is 33.2 Å². The highest BCUT2D eigenvalue weighted by Gasteiger charge is 2.27. The number of piperidine rings is 1. The highest BCUT2D eigenvalue weighted by atomic mass is 32.1. The van der Waals surface area contributed by atoms with Gasteiger partial charge in [0, 0.05) is 25.0 Å². The fourth-order valence-corrected chi connectivity index (χ4v) is 3.33. The van der Waals surface area contributed by atoms with Crippen LogP contribution in [0.4, 0.5) is 4.79 Å². The molecule has 1 aliphatic heterocycles. The Hall–Kier alpha value is -1.63. The first kappa shape index (κ1) is 15.8. The number of hydrogen-bond donors (Lipinski definition) is 2. The van der Waals surface area contributed by atoms with E-state index < -0.39 is 0 Å². The van der Waals surface area contributed by atoms with E-state index in [0.29, 0.717) is 19.6 Å². The van der Waals surface area contributed by atoms with E-state index in [1.54, 1.807) is 23.3 Å². The van der Waals surface area contributed by atoms with Crippen LogP contribution in [0.25, 0.3) is 0 Å². The largest absolute Gasteiger partial charge is 0.359 e. The standard InChI is InChI=1S/C14H22N4O2S/c1-9-10(2)21-12(17-9)7-16-14(20)18-6-4-5-11(8-18)13(19)15-3/h11H,4-8H2,1-3H3,(H,15,19)(H,16,20)/t11-/m1/s1. The Morgan fingerprint density at radius 2 is 2.19 bits per heavy atom. The van der Waals surface area contributed by atoms with E-state index in [0.717, 1.165) is 23.5 Å². The highest BCUT2D eigenvalue weighted by Crippen LogP contribution is 2.18. The van der Waals surface area contributed by atoms with Crippen LogP contribution < -0.4 is 10.6 Å². The van der Waals surface area contributed by atoms with Crippen LogP contribution in [-0.4, -0.2) is 42.0 Å². The molecule has 2 N–H and O–H groups in total. The SMILES string of the molecule is CNC(=O)[C@@H]1CCCN(C(=O)NCc2nc(C)c(C)s2)C1. The summed E-state index contributed by atoms with van der Waals surface area (Å²) in [7, 11) is 1.63. The third-order valence-corrected chi connectivity index (χ3v) is 4.86. The average molecular weight is 310 g/mol. The van der Waals surface area contributed by atoms with E-state index in [-0.39, 0.29) is 17.9 Å². The van der Waals surface area contributed by atoms with Gasteiger partial charge in [0.2, 0.25) is 5.91 Å². The van der Waals surface area contributed by atoms with Crippen molar-refractivity contribution in [2.24, 2.45) is 5.92 Å². The minimum Gasteiger partial charge on any atom is -0.359 e. The molecule has 1 atom stereocenters. The van der Waals surface area contributed by atoms with Crippen LogP contribution in [0, 0.1) is 19.8 Å². The zero-order valence-corrected chi connectivity index (χ0v) is 13.5. The Labute approximate surface area is 128 Å². The Balaban J connectivity index is 1.86. The third-order valence-electron chi connectivity index (χ3n) is 3.79. The first-order valence-electron chi connectivity index (χ1n) is 7.18. The summed E-state index contributed by atoms with van der Waals surface area (Å²) in [6, 6.07) is -0.117. The van der Waals surface area contributed by atoms with Crippen molar-refractivity contribution < 1.29 is 9.59 Å². The molecule has 0 aliphatic carbocycles. The van der Waals surface area contributed by atoms with Gasteiger partial charge in [-0.3, -0.25) is 4.79 Å². The van der Waals surface area contributed by atoms with Gasteiger partial charge in [-0.2, -0.15) is 0 Å². The number of hydrogen-bond acceptors (Lipinski definition) is 4. The average Bonchev–Trinajstić information content (AvgIpc) is 2.82. The molecule has 6 nitrogen and oxygen atoms in total. The second-order valence-corrected chi connectivity index (χ2v) is 6.60. The van der Waals surface area contributed by atoms with E-state index in [2.05, 4.69) is 15.6 Å². The Bertz CT molecular complexity index is 510. The molecule has 1 aliphatic rings. The van der Waals surface area contributed by atoms with Crippen LogP contribution in [0.3, 0.4) is 0 Å². The fourth-order valence-electron chi connectivity index (χ4n) is 2.46. The number of carbonyl (C=O) groups excluding carboxylic acids is 2. The van der Waals surface area contributed by atoms with E-state index >= 15 is 0 Å². The Morgan fingerprint density at radius 3 is 2.81 bits per heavy atom. The molecule has 0 saturated carbocycles. The summed E-state index contributed by atoms with van der Waals surface area (Å²) in [5.41, 5.74) is 1.02. The summed E-state index contributed by atoms with van der Waals surface area (Å²) in [5.74, 6) is -0.0856. The molecule has 2 heterocycles. The number of amides is 3. The Kier molecular flexibility index (Phi) is 5.17. The molecule has 2 rings (SSSR count). The van der Waals surface area contributed by atoms with Crippen molar-refractivity contribution >= 4 is 23.3 Å². The molecule has 116 valence electrons. The lowest BCUT2D eigenvalue weighted by Crippen LogP contribution is -2.48. The predicted molar refractivity (Wildman–Crippen MR) is 82.2 cm³/mol. The lowest BCUT2D eigenvalue weighted by atomic mass is 9.97. The normalized spacial score (nSPS) is 18.4. The first-order valence-corrected chi connectivity index (χ1v) is 8.00. The highest BCUT2D eigenvalue weighted by molar-refractivity contribution is 7.11. The molecular weight excluding hydrogens is 288 g/mol. The second-order valence-electron chi connectivity index (χ2n) is 5.31. The number of rotatable bonds is 3. The Morgan fingerprint density at radius 1 is 1.43 bits per heavy atom. The van der Waals surface area contributed by atoms with Crippen LogP contribution in [0.5, 0.6) is 0 Å². The van der Waals surface area contributed by atoms with Crippen molar-refractivity contribution in [1.82, 2.24) is 20.5 Å². The maximum absolute atomic E-state index is 12.2. The number of carbonyl (C=O) groups is 2. The van der Waals surface area contributed by atoms with Gasteiger partial charge < -0.3 is 15.5 Å². The summed E-state index contributed by atoms with van der Waals surface area (Å²) >= 11 is 1.60. The number of thiazole rings is 1. The van der Waals surface area contributed by atoms with Crippen LogP contribution in [0.1, 0.15) is 28.4 Å². The van der Waals surface area contributed by atoms with Crippen LogP contribution in [0.2, 0.25) is 0 Å². The number of nitrogens with one attached hydrogen (secondary N) is 2. The zero-order chi connectivity index (χ0) is 15.4. The van der Waals surface area contributed by atoms with Crippen LogP contribution >= 0.6 is 11.3 Å². The van der Waals surface area contributed by atoms with Gasteiger partial charge in [0.05, 0.1) is 18.2 Å². The molecule has 0 aromatic carbocycles. The van der Waals surface area contributed by atoms with Gasteiger partial charge in [0.25, 0.3) is 0 Å². The number of likely N-dealkylation sites (tertiary alicyclic amines) is 1. The topological polar surface area (TPSA) is 74.3 Å². The van der Waals surface area contributed by atoms with E-state index in [9.17, 15) is 9.59 Å². The van der Waals surface area contributed by atoms with E-state index in [1.807, 2.05) is 13.8 Å². The van der Waals surface area contributed by atoms with Crippen molar-refractivity contribution in [3.8, 4) is 0 Å². The molecule has 1 aromatic rings. The smallest absolute Gasteiger partial charge is 0.317 e. The lowest BCUT2D eigenvalue weighted by molar-refractivity contribution is -0.125. The summed E-state index contributed by atoms with van der Waals surface area (Å²) in [5, 5.41) is 6.46. The number of urea groups is 1. The molecule has 0 unspecified atom stereocenters. The molecule has 0 bridgehead atoms. The van der Waals surface area contributed by atoms with Crippen molar-refractivity contribution in [3.05, 3.63) is 15.6 Å². The van der Waals surface area contributed by atoms with Crippen molar-refractivity contribution in [3.63, 3.8) is 0 Å². The minimum absolute atomic E-state index is 0.0127. The first-order chi connectivity index (χ1) is 10.0. The molecular formula is C14H22N4O2S. The molecule has 1 fully saturated rings. The predicted octanol–water partition coefficient (Wildman–Crippen LogP) is 1.43. The van der Waals surface area contributed by atoms with Gasteiger partial charge in [-0.1, -0.05) is 0 Å². The van der Waals surface area contributed by atoms with Crippen LogP contribution in [0.15, 0.2) is 0 Å². The molecule has 3 amide bonds.